The molecule has 0 saturated heterocycles. The van der Waals surface area contributed by atoms with Crippen molar-refractivity contribution in [2.24, 2.45) is 0 Å². The molecule has 8 heteroatoms. The average Bonchev–Trinajstić information content (AvgIpc) is 3.24. The van der Waals surface area contributed by atoms with Gasteiger partial charge < -0.3 is 13.9 Å². The summed E-state index contributed by atoms with van der Waals surface area (Å²) in [5.74, 6) is -1.06. The normalized spacial score (nSPS) is 10.8. The molecule has 0 bridgehead atoms. The van der Waals surface area contributed by atoms with Crippen molar-refractivity contribution in [1.29, 1.82) is 0 Å². The Kier molecular flexibility index (Phi) is 5.08. The summed E-state index contributed by atoms with van der Waals surface area (Å²) >= 11 is 0.991. The maximum absolute atomic E-state index is 12.3. The maximum Gasteiger partial charge on any atom is 0.374 e. The molecule has 3 rings (SSSR count). The highest BCUT2D eigenvalue weighted by Crippen LogP contribution is 2.28. The second-order valence-corrected chi connectivity index (χ2v) is 5.86. The molecule has 3 aromatic rings. The lowest BCUT2D eigenvalue weighted by Crippen LogP contribution is -2.10. The zero-order valence-corrected chi connectivity index (χ0v) is 14.6. The number of benzene rings is 1. The van der Waals surface area contributed by atoms with Crippen LogP contribution in [0.25, 0.3) is 11.0 Å². The number of hydrogen-bond donors (Lipinski definition) is 0. The number of fused-ring (bicyclic) bond motifs is 1. The van der Waals surface area contributed by atoms with Gasteiger partial charge in [0.25, 0.3) is 0 Å². The van der Waals surface area contributed by atoms with Crippen LogP contribution in [0.3, 0.4) is 0 Å². The number of carbonyl (C=O) groups excluding carboxylic acids is 2. The van der Waals surface area contributed by atoms with E-state index in [-0.39, 0.29) is 19.0 Å². The van der Waals surface area contributed by atoms with Crippen molar-refractivity contribution >= 4 is 34.4 Å². The van der Waals surface area contributed by atoms with Crippen LogP contribution in [0.5, 0.6) is 0 Å². The summed E-state index contributed by atoms with van der Waals surface area (Å²) in [5.41, 5.74) is 1.61. The number of aryl methyl sites for hydroxylation is 1. The first-order valence-corrected chi connectivity index (χ1v) is 8.58. The largest absolute Gasteiger partial charge is 0.460 e. The zero-order chi connectivity index (χ0) is 17.8. The van der Waals surface area contributed by atoms with Gasteiger partial charge in [-0.1, -0.05) is 29.6 Å². The molecule has 0 saturated carbocycles. The zero-order valence-electron chi connectivity index (χ0n) is 13.8. The lowest BCUT2D eigenvalue weighted by molar-refractivity contribution is 0.0438. The Labute approximate surface area is 147 Å². The van der Waals surface area contributed by atoms with E-state index >= 15 is 0 Å². The van der Waals surface area contributed by atoms with Gasteiger partial charge in [-0.2, -0.15) is 0 Å². The quantitative estimate of drug-likeness (QED) is 0.622. The fourth-order valence-electron chi connectivity index (χ4n) is 2.40. The van der Waals surface area contributed by atoms with E-state index < -0.39 is 11.9 Å². The predicted octanol–water partition coefficient (Wildman–Crippen LogP) is 3.38. The highest BCUT2D eigenvalue weighted by atomic mass is 32.1. The summed E-state index contributed by atoms with van der Waals surface area (Å²) in [6.45, 7) is 3.71. The Balaban J connectivity index is 1.88. The summed E-state index contributed by atoms with van der Waals surface area (Å²) < 4.78 is 19.8. The number of para-hydroxylation sites is 1. The number of carbonyl (C=O) groups is 2. The average molecular weight is 360 g/mol. The van der Waals surface area contributed by atoms with E-state index in [4.69, 9.17) is 13.9 Å². The Bertz CT molecular complexity index is 915. The molecule has 0 amide bonds. The van der Waals surface area contributed by atoms with Crippen molar-refractivity contribution in [3.8, 4) is 0 Å². The minimum atomic E-state index is -0.585. The number of rotatable bonds is 6. The maximum atomic E-state index is 12.3. The molecule has 2 aromatic heterocycles. The smallest absolute Gasteiger partial charge is 0.374 e. The summed E-state index contributed by atoms with van der Waals surface area (Å²) in [5, 5.41) is 4.60. The van der Waals surface area contributed by atoms with Gasteiger partial charge >= 0.3 is 11.9 Å². The van der Waals surface area contributed by atoms with E-state index in [1.165, 1.54) is 0 Å². The summed E-state index contributed by atoms with van der Waals surface area (Å²) in [6.07, 6.45) is 0.587. The highest BCUT2D eigenvalue weighted by Gasteiger charge is 2.24. The fraction of sp³-hybridized carbons (Fsp3) is 0.294. The number of furan rings is 1. The van der Waals surface area contributed by atoms with Gasteiger partial charge in [-0.25, -0.2) is 9.59 Å². The van der Waals surface area contributed by atoms with Crippen molar-refractivity contribution in [2.45, 2.75) is 26.9 Å². The van der Waals surface area contributed by atoms with Gasteiger partial charge in [-0.3, -0.25) is 0 Å². The lowest BCUT2D eigenvalue weighted by atomic mass is 10.1. The molecule has 130 valence electrons. The molecule has 25 heavy (non-hydrogen) atoms. The number of esters is 2. The van der Waals surface area contributed by atoms with Crippen LogP contribution in [0.2, 0.25) is 0 Å². The lowest BCUT2D eigenvalue weighted by Gasteiger charge is -2.05. The van der Waals surface area contributed by atoms with E-state index in [1.807, 2.05) is 13.0 Å². The van der Waals surface area contributed by atoms with E-state index in [0.717, 1.165) is 11.5 Å². The van der Waals surface area contributed by atoms with Crippen molar-refractivity contribution in [2.75, 3.05) is 6.61 Å². The van der Waals surface area contributed by atoms with E-state index in [0.29, 0.717) is 33.5 Å². The Morgan fingerprint density at radius 3 is 2.72 bits per heavy atom. The fourth-order valence-corrected chi connectivity index (χ4v) is 3.05. The highest BCUT2D eigenvalue weighted by molar-refractivity contribution is 7.07. The number of ether oxygens (including phenoxy) is 2. The van der Waals surface area contributed by atoms with Crippen LogP contribution >= 0.6 is 11.5 Å². The Hall–Kier alpha value is -2.74. The Morgan fingerprint density at radius 2 is 1.96 bits per heavy atom. The van der Waals surface area contributed by atoms with Crippen LogP contribution in [0, 0.1) is 0 Å². The standard InChI is InChI=1S/C17H16N2O5S/c1-3-12-15(25-19-18-12)17(21)23-9-11-10-7-5-6-8-13(10)24-14(11)16(20)22-4-2/h5-8H,3-4,9H2,1-2H3. The molecule has 0 aliphatic rings. The van der Waals surface area contributed by atoms with Crippen LogP contribution in [0.15, 0.2) is 28.7 Å². The summed E-state index contributed by atoms with van der Waals surface area (Å²) in [7, 11) is 0. The van der Waals surface area contributed by atoms with Gasteiger partial charge in [0.05, 0.1) is 17.9 Å². The first kappa shape index (κ1) is 17.1. The van der Waals surface area contributed by atoms with Crippen molar-refractivity contribution < 1.29 is 23.5 Å². The van der Waals surface area contributed by atoms with Gasteiger partial charge in [0, 0.05) is 5.39 Å². The van der Waals surface area contributed by atoms with Crippen molar-refractivity contribution in [3.63, 3.8) is 0 Å². The minimum absolute atomic E-state index is 0.0500. The second kappa shape index (κ2) is 7.43. The minimum Gasteiger partial charge on any atom is -0.460 e. The molecule has 2 heterocycles. The molecule has 0 N–H and O–H groups in total. The second-order valence-electron chi connectivity index (χ2n) is 5.10. The van der Waals surface area contributed by atoms with Gasteiger partial charge in [0.1, 0.15) is 12.2 Å². The van der Waals surface area contributed by atoms with Crippen molar-refractivity contribution in [1.82, 2.24) is 9.59 Å². The molecule has 1 aromatic carbocycles. The first-order chi connectivity index (χ1) is 12.2. The Morgan fingerprint density at radius 1 is 1.16 bits per heavy atom. The van der Waals surface area contributed by atoms with Crippen LogP contribution in [-0.2, 0) is 22.5 Å². The van der Waals surface area contributed by atoms with Crippen LogP contribution in [0.4, 0.5) is 0 Å². The molecule has 0 spiro atoms. The molecule has 0 aliphatic heterocycles. The van der Waals surface area contributed by atoms with Gasteiger partial charge in [-0.15, -0.1) is 5.10 Å². The van der Waals surface area contributed by atoms with Gasteiger partial charge in [-0.05, 0) is 30.9 Å². The first-order valence-electron chi connectivity index (χ1n) is 7.81. The predicted molar refractivity (Wildman–Crippen MR) is 90.6 cm³/mol. The molecule has 0 aliphatic carbocycles. The van der Waals surface area contributed by atoms with Crippen LogP contribution < -0.4 is 0 Å². The SMILES string of the molecule is CCOC(=O)c1oc2ccccc2c1COC(=O)c1snnc1CC. The third kappa shape index (κ3) is 3.39. The molecule has 7 nitrogen and oxygen atoms in total. The topological polar surface area (TPSA) is 91.5 Å². The number of aromatic nitrogens is 2. The van der Waals surface area contributed by atoms with Crippen molar-refractivity contribution in [3.05, 3.63) is 46.2 Å². The molecule has 0 atom stereocenters. The van der Waals surface area contributed by atoms with Crippen LogP contribution in [0.1, 0.15) is 45.3 Å². The third-order valence-corrected chi connectivity index (χ3v) is 4.33. The number of hydrogen-bond acceptors (Lipinski definition) is 8. The van der Waals surface area contributed by atoms with E-state index in [2.05, 4.69) is 9.59 Å². The summed E-state index contributed by atoms with van der Waals surface area (Å²) in [6, 6.07) is 7.16. The monoisotopic (exact) mass is 360 g/mol. The summed E-state index contributed by atoms with van der Waals surface area (Å²) in [4.78, 5) is 24.8. The van der Waals surface area contributed by atoms with Crippen LogP contribution in [-0.4, -0.2) is 28.1 Å². The molecule has 0 fully saturated rings. The molecule has 0 radical (unpaired) electrons. The molecular formula is C17H16N2O5S. The molecule has 0 unspecified atom stereocenters. The number of nitrogens with zero attached hydrogens (tertiary/aromatic N) is 2. The third-order valence-electron chi connectivity index (χ3n) is 3.58. The van der Waals surface area contributed by atoms with Gasteiger partial charge in [0.15, 0.2) is 4.88 Å². The van der Waals surface area contributed by atoms with E-state index in [9.17, 15) is 9.59 Å². The molecular weight excluding hydrogens is 344 g/mol. The van der Waals surface area contributed by atoms with E-state index in [1.54, 1.807) is 25.1 Å². The van der Waals surface area contributed by atoms with Gasteiger partial charge in [0.2, 0.25) is 5.76 Å².